The van der Waals surface area contributed by atoms with Crippen LogP contribution in [0.4, 0.5) is 24.9 Å². The zero-order valence-corrected chi connectivity index (χ0v) is 20.8. The summed E-state index contributed by atoms with van der Waals surface area (Å²) in [7, 11) is 0. The van der Waals surface area contributed by atoms with Crippen molar-refractivity contribution in [1.29, 1.82) is 0 Å². The van der Waals surface area contributed by atoms with Crippen LogP contribution in [0.3, 0.4) is 0 Å². The van der Waals surface area contributed by atoms with Crippen LogP contribution in [-0.4, -0.2) is 37.0 Å². The van der Waals surface area contributed by atoms with Crippen molar-refractivity contribution >= 4 is 34.3 Å². The van der Waals surface area contributed by atoms with Crippen LogP contribution in [-0.2, 0) is 0 Å². The fourth-order valence-electron chi connectivity index (χ4n) is 5.05. The monoisotopic (exact) mass is 527 g/mol. The van der Waals surface area contributed by atoms with E-state index >= 15 is 4.39 Å². The second-order valence-corrected chi connectivity index (χ2v) is 10.2. The summed E-state index contributed by atoms with van der Waals surface area (Å²) in [5, 5.41) is 7.39. The molecular weight excluding hydrogens is 503 g/mol. The molecule has 37 heavy (non-hydrogen) atoms. The molecule has 0 spiro atoms. The van der Waals surface area contributed by atoms with E-state index in [2.05, 4.69) is 35.6 Å². The van der Waals surface area contributed by atoms with E-state index in [0.717, 1.165) is 43.7 Å². The molecule has 3 heterocycles. The molecule has 0 aliphatic heterocycles. The minimum Gasteiger partial charge on any atom is -0.365 e. The Hall–Kier alpha value is -3.40. The molecule has 0 saturated heterocycles. The summed E-state index contributed by atoms with van der Waals surface area (Å²) in [5.74, 6) is -0.771. The largest absolute Gasteiger partial charge is 0.365 e. The molecule has 4 aromatic rings. The Bertz CT molecular complexity index is 1490. The predicted molar refractivity (Wildman–Crippen MR) is 136 cm³/mol. The molecule has 2 aliphatic rings. The lowest BCUT2D eigenvalue weighted by molar-refractivity contribution is 0.423. The van der Waals surface area contributed by atoms with E-state index in [1.807, 2.05) is 0 Å². The van der Waals surface area contributed by atoms with Gasteiger partial charge in [0, 0.05) is 47.1 Å². The first-order valence-corrected chi connectivity index (χ1v) is 12.8. The number of benzene rings is 1. The number of H-pyrrole nitrogens is 1. The smallest absolute Gasteiger partial charge is 0.224 e. The van der Waals surface area contributed by atoms with Gasteiger partial charge in [-0.1, -0.05) is 11.6 Å². The number of aromatic amines is 1. The van der Waals surface area contributed by atoms with Gasteiger partial charge in [-0.3, -0.25) is 0 Å². The first-order valence-electron chi connectivity index (χ1n) is 12.4. The Labute approximate surface area is 216 Å². The molecule has 1 aromatic carbocycles. The molecule has 3 N–H and O–H groups in total. The summed E-state index contributed by atoms with van der Waals surface area (Å²) in [4.78, 5) is 20.3. The number of fused-ring (bicyclic) bond motifs is 1. The van der Waals surface area contributed by atoms with E-state index in [4.69, 9.17) is 11.6 Å². The summed E-state index contributed by atoms with van der Waals surface area (Å²) >= 11 is 6.36. The van der Waals surface area contributed by atoms with Gasteiger partial charge in [0.05, 0.1) is 11.2 Å². The first-order chi connectivity index (χ1) is 17.9. The molecule has 3 aromatic heterocycles. The Balaban J connectivity index is 1.21. The van der Waals surface area contributed by atoms with Gasteiger partial charge in [-0.05, 0) is 57.4 Å². The number of anilines is 2. The molecule has 7 nitrogen and oxygen atoms in total. The van der Waals surface area contributed by atoms with E-state index in [1.54, 1.807) is 13.1 Å². The fourth-order valence-corrected chi connectivity index (χ4v) is 5.33. The molecule has 192 valence electrons. The van der Waals surface area contributed by atoms with Gasteiger partial charge >= 0.3 is 0 Å². The normalized spacial score (nSPS) is 19.8. The maximum atomic E-state index is 15.1. The van der Waals surface area contributed by atoms with Crippen molar-refractivity contribution in [3.63, 3.8) is 0 Å². The molecular formula is C26H25ClF3N7. The number of halogens is 4. The van der Waals surface area contributed by atoms with Crippen molar-refractivity contribution in [2.45, 2.75) is 63.5 Å². The Morgan fingerprint density at radius 1 is 1.00 bits per heavy atom. The van der Waals surface area contributed by atoms with Crippen LogP contribution in [0.25, 0.3) is 22.3 Å². The van der Waals surface area contributed by atoms with Gasteiger partial charge in [-0.15, -0.1) is 0 Å². The number of aryl methyl sites for hydroxylation is 1. The van der Waals surface area contributed by atoms with E-state index in [9.17, 15) is 8.78 Å². The highest BCUT2D eigenvalue weighted by Crippen LogP contribution is 2.42. The van der Waals surface area contributed by atoms with Crippen LogP contribution in [0.2, 0.25) is 5.15 Å². The molecule has 0 radical (unpaired) electrons. The van der Waals surface area contributed by atoms with Crippen LogP contribution in [0.5, 0.6) is 0 Å². The average Bonchev–Trinajstić information content (AvgIpc) is 3.60. The second kappa shape index (κ2) is 9.48. The van der Waals surface area contributed by atoms with Crippen LogP contribution in [0, 0.1) is 24.4 Å². The minimum absolute atomic E-state index is 0.0537. The van der Waals surface area contributed by atoms with E-state index in [0.29, 0.717) is 34.4 Å². The maximum Gasteiger partial charge on any atom is 0.224 e. The van der Waals surface area contributed by atoms with Crippen molar-refractivity contribution in [3.05, 3.63) is 58.4 Å². The van der Waals surface area contributed by atoms with Crippen LogP contribution in [0.15, 0.2) is 24.5 Å². The zero-order valence-electron chi connectivity index (χ0n) is 20.1. The topological polar surface area (TPSA) is 91.4 Å². The van der Waals surface area contributed by atoms with Gasteiger partial charge in [0.2, 0.25) is 5.95 Å². The fraction of sp³-hybridized carbons (Fsp3) is 0.385. The molecule has 2 atom stereocenters. The van der Waals surface area contributed by atoms with E-state index in [1.165, 1.54) is 12.3 Å². The van der Waals surface area contributed by atoms with Gasteiger partial charge in [-0.2, -0.15) is 0 Å². The van der Waals surface area contributed by atoms with E-state index in [-0.39, 0.29) is 34.9 Å². The molecule has 2 aliphatic carbocycles. The Kier molecular flexibility index (Phi) is 6.14. The maximum absolute atomic E-state index is 15.1. The third kappa shape index (κ3) is 4.82. The highest BCUT2D eigenvalue weighted by atomic mass is 35.5. The quantitative estimate of drug-likeness (QED) is 0.248. The van der Waals surface area contributed by atoms with Crippen LogP contribution < -0.4 is 10.6 Å². The van der Waals surface area contributed by atoms with Gasteiger partial charge in [0.25, 0.3) is 0 Å². The van der Waals surface area contributed by atoms with Crippen LogP contribution in [0.1, 0.15) is 55.7 Å². The third-order valence-corrected chi connectivity index (χ3v) is 7.40. The molecule has 0 unspecified atom stereocenters. The average molecular weight is 528 g/mol. The lowest BCUT2D eigenvalue weighted by atomic mass is 9.91. The Morgan fingerprint density at radius 3 is 2.54 bits per heavy atom. The molecule has 2 saturated carbocycles. The summed E-state index contributed by atoms with van der Waals surface area (Å²) in [6, 6.07) is 2.05. The SMILES string of the molecule is Cc1nc(-c2c[nH]c3c(F)cc(F)cc23)nc(N[C@H]2CCC[C@@H](Nc3ncc(C4CC4)c(Cl)n3)C2)c1F. The molecule has 2 fully saturated rings. The molecule has 11 heteroatoms. The number of hydrogen-bond acceptors (Lipinski definition) is 6. The van der Waals surface area contributed by atoms with Crippen molar-refractivity contribution < 1.29 is 13.2 Å². The lowest BCUT2D eigenvalue weighted by Crippen LogP contribution is -2.35. The predicted octanol–water partition coefficient (Wildman–Crippen LogP) is 6.51. The van der Waals surface area contributed by atoms with E-state index < -0.39 is 17.5 Å². The van der Waals surface area contributed by atoms with Gasteiger partial charge in [0.15, 0.2) is 17.5 Å². The van der Waals surface area contributed by atoms with Crippen molar-refractivity contribution in [1.82, 2.24) is 24.9 Å². The highest BCUT2D eigenvalue weighted by Gasteiger charge is 2.28. The van der Waals surface area contributed by atoms with Gasteiger partial charge in [0.1, 0.15) is 16.8 Å². The van der Waals surface area contributed by atoms with Crippen LogP contribution >= 0.6 is 11.6 Å². The summed E-state index contributed by atoms with van der Waals surface area (Å²) in [6.45, 7) is 1.54. The molecule has 0 amide bonds. The minimum atomic E-state index is -0.716. The molecule has 6 rings (SSSR count). The zero-order chi connectivity index (χ0) is 25.7. The number of aromatic nitrogens is 5. The second-order valence-electron chi connectivity index (χ2n) is 9.87. The first kappa shape index (κ1) is 24.0. The number of rotatable bonds is 6. The number of hydrogen-bond donors (Lipinski definition) is 3. The highest BCUT2D eigenvalue weighted by molar-refractivity contribution is 6.30. The lowest BCUT2D eigenvalue weighted by Gasteiger charge is -2.31. The van der Waals surface area contributed by atoms with Crippen molar-refractivity contribution in [2.75, 3.05) is 10.6 Å². The van der Waals surface area contributed by atoms with Gasteiger partial charge in [-0.25, -0.2) is 33.1 Å². The summed E-state index contributed by atoms with van der Waals surface area (Å²) in [5.41, 5.74) is 1.68. The van der Waals surface area contributed by atoms with Crippen molar-refractivity contribution in [2.24, 2.45) is 0 Å². The van der Waals surface area contributed by atoms with Gasteiger partial charge < -0.3 is 15.6 Å². The number of nitrogens with one attached hydrogen (secondary N) is 3. The third-order valence-electron chi connectivity index (χ3n) is 7.10. The summed E-state index contributed by atoms with van der Waals surface area (Å²) < 4.78 is 43.1. The molecule has 0 bridgehead atoms. The summed E-state index contributed by atoms with van der Waals surface area (Å²) in [6.07, 6.45) is 8.94. The number of nitrogens with zero attached hydrogens (tertiary/aromatic N) is 4. The Morgan fingerprint density at radius 2 is 1.78 bits per heavy atom. The standard InChI is InChI=1S/C26H25ClF3N7/c1-12-21(30)25(37-24(33-12)19-11-31-22-17(19)7-14(28)8-20(22)29)34-15-3-2-4-16(9-15)35-26-32-10-18(13-5-6-13)23(27)36-26/h7-8,10-11,13,15-16,31H,2-6,9H2,1H3,(H,32,35,36)(H,33,34,37)/t15-,16+/m0/s1. The van der Waals surface area contributed by atoms with Crippen molar-refractivity contribution in [3.8, 4) is 11.4 Å².